The number of carbonyl (C=O) groups is 3. The predicted molar refractivity (Wildman–Crippen MR) is 96.1 cm³/mol. The smallest absolute Gasteiger partial charge is 0.331 e. The summed E-state index contributed by atoms with van der Waals surface area (Å²) < 4.78 is 18.9. The summed E-state index contributed by atoms with van der Waals surface area (Å²) in [5.74, 6) is -2.53. The number of rotatable bonds is 5. The molecule has 0 aromatic heterocycles. The van der Waals surface area contributed by atoms with E-state index in [0.717, 1.165) is 10.5 Å². The molecule has 0 aliphatic heterocycles. The predicted octanol–water partition coefficient (Wildman–Crippen LogP) is 2.61. The molecule has 0 radical (unpaired) electrons. The number of nitrogens with one attached hydrogen (secondary N) is 2. The van der Waals surface area contributed by atoms with Crippen molar-refractivity contribution in [1.82, 2.24) is 10.9 Å². The van der Waals surface area contributed by atoms with Gasteiger partial charge in [0.05, 0.1) is 0 Å². The molecular formula is C18H14BrFN2O4. The zero-order valence-electron chi connectivity index (χ0n) is 13.4. The van der Waals surface area contributed by atoms with Crippen LogP contribution in [0.5, 0.6) is 0 Å². The van der Waals surface area contributed by atoms with Crippen LogP contribution in [0.2, 0.25) is 0 Å². The number of hydrazine groups is 1. The van der Waals surface area contributed by atoms with Crippen molar-refractivity contribution in [3.05, 3.63) is 76.0 Å². The van der Waals surface area contributed by atoms with Crippen molar-refractivity contribution in [3.8, 4) is 0 Å². The lowest BCUT2D eigenvalue weighted by Crippen LogP contribution is -2.43. The highest BCUT2D eigenvalue weighted by molar-refractivity contribution is 9.10. The summed E-state index contributed by atoms with van der Waals surface area (Å²) in [6.45, 7) is -0.596. The van der Waals surface area contributed by atoms with Crippen LogP contribution in [-0.2, 0) is 14.3 Å². The number of benzene rings is 2. The number of amides is 2. The maximum Gasteiger partial charge on any atom is 0.331 e. The molecule has 2 rings (SSSR count). The van der Waals surface area contributed by atoms with E-state index in [2.05, 4.69) is 26.8 Å². The van der Waals surface area contributed by atoms with Crippen LogP contribution < -0.4 is 10.9 Å². The second-order valence-electron chi connectivity index (χ2n) is 4.97. The van der Waals surface area contributed by atoms with Crippen molar-refractivity contribution in [2.24, 2.45) is 0 Å². The Balaban J connectivity index is 1.74. The van der Waals surface area contributed by atoms with Gasteiger partial charge in [-0.25, -0.2) is 9.18 Å². The maximum atomic E-state index is 13.4. The van der Waals surface area contributed by atoms with Crippen molar-refractivity contribution >= 4 is 39.8 Å². The molecule has 0 saturated heterocycles. The molecule has 134 valence electrons. The van der Waals surface area contributed by atoms with Gasteiger partial charge in [-0.1, -0.05) is 34.1 Å². The summed E-state index contributed by atoms with van der Waals surface area (Å²) in [6.07, 6.45) is 2.25. The number of hydrogen-bond acceptors (Lipinski definition) is 4. The SMILES string of the molecule is O=C(COC(=O)/C=C/c1ccccc1F)NNC(=O)c1ccc(Br)cc1. The fourth-order valence-corrected chi connectivity index (χ4v) is 2.05. The molecule has 26 heavy (non-hydrogen) atoms. The van der Waals surface area contributed by atoms with Crippen LogP contribution in [0, 0.1) is 5.82 Å². The zero-order chi connectivity index (χ0) is 18.9. The first-order valence-electron chi connectivity index (χ1n) is 7.40. The van der Waals surface area contributed by atoms with Gasteiger partial charge < -0.3 is 4.74 Å². The average Bonchev–Trinajstić information content (AvgIpc) is 2.64. The number of esters is 1. The second-order valence-corrected chi connectivity index (χ2v) is 5.89. The molecule has 2 aromatic rings. The largest absolute Gasteiger partial charge is 0.452 e. The lowest BCUT2D eigenvalue weighted by molar-refractivity contribution is -0.144. The standard InChI is InChI=1S/C18H14BrFN2O4/c19-14-8-5-13(6-9-14)18(25)22-21-16(23)11-26-17(24)10-7-12-3-1-2-4-15(12)20/h1-10H,11H2,(H,21,23)(H,22,25)/b10-7+. The van der Waals surface area contributed by atoms with Gasteiger partial charge in [-0.2, -0.15) is 0 Å². The fourth-order valence-electron chi connectivity index (χ4n) is 1.79. The molecule has 2 amide bonds. The molecule has 6 nitrogen and oxygen atoms in total. The molecule has 0 saturated carbocycles. The van der Waals surface area contributed by atoms with Gasteiger partial charge in [0.15, 0.2) is 6.61 Å². The van der Waals surface area contributed by atoms with Crippen LogP contribution in [0.1, 0.15) is 15.9 Å². The third-order valence-corrected chi connectivity index (χ3v) is 3.60. The third-order valence-electron chi connectivity index (χ3n) is 3.07. The van der Waals surface area contributed by atoms with Gasteiger partial charge in [0, 0.05) is 21.7 Å². The number of ether oxygens (including phenoxy) is 1. The van der Waals surface area contributed by atoms with Gasteiger partial charge in [0.1, 0.15) is 5.82 Å². The summed E-state index contributed by atoms with van der Waals surface area (Å²) in [6, 6.07) is 12.4. The Morgan fingerprint density at radius 1 is 1.04 bits per heavy atom. The monoisotopic (exact) mass is 420 g/mol. The Bertz CT molecular complexity index is 837. The minimum absolute atomic E-state index is 0.218. The van der Waals surface area contributed by atoms with Crippen LogP contribution in [0.3, 0.4) is 0 Å². The quantitative estimate of drug-likeness (QED) is 0.442. The van der Waals surface area contributed by atoms with E-state index < -0.39 is 30.2 Å². The number of hydrogen-bond donors (Lipinski definition) is 2. The van der Waals surface area contributed by atoms with Crippen LogP contribution in [0.15, 0.2) is 59.1 Å². The molecule has 0 bridgehead atoms. The van der Waals surface area contributed by atoms with E-state index in [1.807, 2.05) is 0 Å². The molecule has 0 aliphatic rings. The summed E-state index contributed by atoms with van der Waals surface area (Å²) in [7, 11) is 0. The molecule has 0 unspecified atom stereocenters. The lowest BCUT2D eigenvalue weighted by Gasteiger charge is -2.07. The van der Waals surface area contributed by atoms with E-state index in [4.69, 9.17) is 4.74 Å². The highest BCUT2D eigenvalue weighted by atomic mass is 79.9. The van der Waals surface area contributed by atoms with Crippen LogP contribution >= 0.6 is 15.9 Å². The summed E-state index contributed by atoms with van der Waals surface area (Å²) in [5.41, 5.74) is 4.88. The molecule has 0 aliphatic carbocycles. The van der Waals surface area contributed by atoms with E-state index in [9.17, 15) is 18.8 Å². The minimum Gasteiger partial charge on any atom is -0.452 e. The van der Waals surface area contributed by atoms with E-state index in [1.54, 1.807) is 30.3 Å². The van der Waals surface area contributed by atoms with E-state index in [-0.39, 0.29) is 5.56 Å². The van der Waals surface area contributed by atoms with Gasteiger partial charge in [-0.05, 0) is 36.4 Å². The van der Waals surface area contributed by atoms with E-state index >= 15 is 0 Å². The van der Waals surface area contributed by atoms with Gasteiger partial charge in [0.2, 0.25) is 0 Å². The Morgan fingerprint density at radius 2 is 1.73 bits per heavy atom. The molecule has 0 spiro atoms. The van der Waals surface area contributed by atoms with Crippen molar-refractivity contribution in [2.75, 3.05) is 6.61 Å². The Labute approximate surface area is 157 Å². The first-order valence-corrected chi connectivity index (χ1v) is 8.19. The Hall–Kier alpha value is -3.00. The number of carbonyl (C=O) groups excluding carboxylic acids is 3. The van der Waals surface area contributed by atoms with Crippen LogP contribution in [0.25, 0.3) is 6.08 Å². The van der Waals surface area contributed by atoms with Crippen molar-refractivity contribution in [1.29, 1.82) is 0 Å². The Kier molecular flexibility index (Phi) is 7.04. The van der Waals surface area contributed by atoms with Crippen LogP contribution in [-0.4, -0.2) is 24.4 Å². The normalized spacial score (nSPS) is 10.4. The fraction of sp³-hybridized carbons (Fsp3) is 0.0556. The summed E-state index contributed by atoms with van der Waals surface area (Å²) in [5, 5.41) is 0. The maximum absolute atomic E-state index is 13.4. The summed E-state index contributed by atoms with van der Waals surface area (Å²) in [4.78, 5) is 34.9. The highest BCUT2D eigenvalue weighted by Crippen LogP contribution is 2.10. The molecular weight excluding hydrogens is 407 g/mol. The summed E-state index contributed by atoms with van der Waals surface area (Å²) >= 11 is 3.25. The van der Waals surface area contributed by atoms with Crippen molar-refractivity contribution < 1.29 is 23.5 Å². The van der Waals surface area contributed by atoms with Crippen molar-refractivity contribution in [3.63, 3.8) is 0 Å². The molecule has 8 heteroatoms. The van der Waals surface area contributed by atoms with Gasteiger partial charge in [-0.15, -0.1) is 0 Å². The van der Waals surface area contributed by atoms with Gasteiger partial charge in [-0.3, -0.25) is 20.4 Å². The van der Waals surface area contributed by atoms with Gasteiger partial charge >= 0.3 is 5.97 Å². The molecule has 2 N–H and O–H groups in total. The molecule has 0 atom stereocenters. The first-order chi connectivity index (χ1) is 12.5. The zero-order valence-corrected chi connectivity index (χ0v) is 15.0. The lowest BCUT2D eigenvalue weighted by atomic mass is 10.2. The topological polar surface area (TPSA) is 84.5 Å². The third kappa shape index (κ3) is 6.14. The van der Waals surface area contributed by atoms with Gasteiger partial charge in [0.25, 0.3) is 11.8 Å². The van der Waals surface area contributed by atoms with E-state index in [1.165, 1.54) is 24.3 Å². The second kappa shape index (κ2) is 9.47. The van der Waals surface area contributed by atoms with E-state index in [0.29, 0.717) is 5.56 Å². The number of halogens is 2. The highest BCUT2D eigenvalue weighted by Gasteiger charge is 2.09. The van der Waals surface area contributed by atoms with Crippen LogP contribution in [0.4, 0.5) is 4.39 Å². The average molecular weight is 421 g/mol. The molecule has 2 aromatic carbocycles. The first kappa shape index (κ1) is 19.3. The molecule has 0 heterocycles. The van der Waals surface area contributed by atoms with Crippen molar-refractivity contribution in [2.45, 2.75) is 0 Å². The Morgan fingerprint density at radius 3 is 2.42 bits per heavy atom. The molecule has 0 fully saturated rings. The minimum atomic E-state index is -0.817.